The summed E-state index contributed by atoms with van der Waals surface area (Å²) in [4.78, 5) is 0. The molecule has 0 spiro atoms. The molecule has 0 N–H and O–H groups in total. The quantitative estimate of drug-likeness (QED) is 0.328. The molecule has 0 bridgehead atoms. The van der Waals surface area contributed by atoms with Gasteiger partial charge in [-0.05, 0) is 0 Å². The van der Waals surface area contributed by atoms with Crippen molar-refractivity contribution in [1.29, 1.82) is 0 Å². The second kappa shape index (κ2) is 18.2. The van der Waals surface area contributed by atoms with Crippen LogP contribution in [0.25, 0.3) is 0 Å². The van der Waals surface area contributed by atoms with Gasteiger partial charge in [-0.2, -0.15) is 0 Å². The van der Waals surface area contributed by atoms with Crippen molar-refractivity contribution in [2.24, 2.45) is 0 Å². The molecule has 0 aromatic heterocycles. The van der Waals surface area contributed by atoms with E-state index < -0.39 is 0 Å². The van der Waals surface area contributed by atoms with Gasteiger partial charge in [0.25, 0.3) is 0 Å². The first kappa shape index (κ1) is 32.6. The molecule has 0 atom stereocenters. The minimum absolute atomic E-state index is 0. The van der Waals surface area contributed by atoms with E-state index in [0.717, 1.165) is 0 Å². The maximum Gasteiger partial charge on any atom is 0 e. The van der Waals surface area contributed by atoms with Gasteiger partial charge in [-0.15, -0.1) is 0 Å². The van der Waals surface area contributed by atoms with Crippen LogP contribution in [0, 0.1) is 0 Å². The van der Waals surface area contributed by atoms with Crippen LogP contribution in [0.1, 0.15) is 0 Å². The molecule has 4 heteroatoms. The predicted octanol–water partition coefficient (Wildman–Crippen LogP) is 0.648. The zero-order valence-electron chi connectivity index (χ0n) is 2.30. The van der Waals surface area contributed by atoms with Crippen molar-refractivity contribution in [3.63, 3.8) is 0 Å². The average molecular weight is 116 g/mol. The monoisotopic (exact) mass is 116 g/mol. The summed E-state index contributed by atoms with van der Waals surface area (Å²) in [5, 5.41) is 0. The Balaban J connectivity index is 0. The first-order chi connectivity index (χ1) is 0. The Hall–Kier alpha value is 2.38. The van der Waals surface area contributed by atoms with Crippen molar-refractivity contribution >= 4 is 74.8 Å². The van der Waals surface area contributed by atoms with E-state index in [-0.39, 0.29) is 80.9 Å². The zero-order chi connectivity index (χ0) is 0. The van der Waals surface area contributed by atoms with Gasteiger partial charge in [0.05, 0.1) is 0 Å². The maximum atomic E-state index is 0. The van der Waals surface area contributed by atoms with Crippen molar-refractivity contribution in [1.82, 2.24) is 6.15 Å². The van der Waals surface area contributed by atoms with Crippen LogP contribution in [0.3, 0.4) is 0 Å². The van der Waals surface area contributed by atoms with Crippen molar-refractivity contribution < 1.29 is 0 Å². The molecule has 0 aromatic rings. The van der Waals surface area contributed by atoms with E-state index in [1.807, 2.05) is 0 Å². The van der Waals surface area contributed by atoms with Gasteiger partial charge in [0, 0.05) is 80.9 Å². The molecule has 17 valence electrons. The zero-order valence-corrected chi connectivity index (χ0v) is 7.14. The molecule has 0 rings (SSSR count). The summed E-state index contributed by atoms with van der Waals surface area (Å²) in [5.74, 6) is 0. The second-order valence-corrected chi connectivity index (χ2v) is 0. The molecule has 0 heterocycles. The first-order valence-electron chi connectivity index (χ1n) is 0. The third kappa shape index (κ3) is 8.83. The van der Waals surface area contributed by atoms with Gasteiger partial charge in [-0.1, -0.05) is 0 Å². The fraction of sp³-hybridized carbons (Fsp3) is 0. The number of rotatable bonds is 0. The normalized spacial score (nSPS) is 0. The van der Waals surface area contributed by atoms with E-state index in [1.165, 1.54) is 0 Å². The van der Waals surface area contributed by atoms with Crippen molar-refractivity contribution in [3.05, 3.63) is 0 Å². The van der Waals surface area contributed by atoms with Crippen molar-refractivity contribution in [2.75, 3.05) is 0 Å². The smallest absolute Gasteiger partial charge is 0 e. The predicted molar refractivity (Wildman–Crippen MR) is 22.4 cm³/mol. The van der Waals surface area contributed by atoms with Crippen LogP contribution < -0.4 is 6.15 Å². The van der Waals surface area contributed by atoms with Gasteiger partial charge in [-0.3, -0.25) is 0 Å². The molecule has 9 radical (unpaired) electrons. The van der Waals surface area contributed by atoms with Crippen LogP contribution in [0.5, 0.6) is 0 Å². The standard InChI is InChI=1S/K.N.P.S. The van der Waals surface area contributed by atoms with Gasteiger partial charge in [-0.25, -0.2) is 0 Å². The molecule has 0 unspecified atom stereocenters. The maximum absolute atomic E-state index is 0. The van der Waals surface area contributed by atoms with Crippen LogP contribution in [0.4, 0.5) is 0 Å². The summed E-state index contributed by atoms with van der Waals surface area (Å²) < 4.78 is 0. The van der Waals surface area contributed by atoms with Crippen LogP contribution in [0.15, 0.2) is 0 Å². The Morgan fingerprint density at radius 2 is 1.00 bits per heavy atom. The van der Waals surface area contributed by atoms with Crippen LogP contribution in [-0.4, -0.2) is 51.4 Å². The van der Waals surface area contributed by atoms with Gasteiger partial charge < -0.3 is 0 Å². The Morgan fingerprint density at radius 1 is 1.00 bits per heavy atom. The molecular weight excluding hydrogens is 116 g/mol. The van der Waals surface area contributed by atoms with Gasteiger partial charge in [0.1, 0.15) is 0 Å². The fourth-order valence-corrected chi connectivity index (χ4v) is 0. The van der Waals surface area contributed by atoms with E-state index >= 15 is 0 Å². The van der Waals surface area contributed by atoms with Crippen LogP contribution in [-0.2, 0) is 0 Å². The SMILES string of the molecule is [K].[N].[P].[S]. The Bertz CT molecular complexity index is 8.00. The summed E-state index contributed by atoms with van der Waals surface area (Å²) in [5.41, 5.74) is 0. The van der Waals surface area contributed by atoms with Crippen LogP contribution >= 0.6 is 23.4 Å². The Labute approximate surface area is 79.4 Å². The van der Waals surface area contributed by atoms with E-state index in [0.29, 0.717) is 0 Å². The summed E-state index contributed by atoms with van der Waals surface area (Å²) in [7, 11) is 0. The molecular formula is KNPS. The molecule has 0 fully saturated rings. The number of hydrogen-bond acceptors (Lipinski definition) is 0. The minimum Gasteiger partial charge on any atom is 0 e. The van der Waals surface area contributed by atoms with Crippen molar-refractivity contribution in [2.45, 2.75) is 0 Å². The van der Waals surface area contributed by atoms with E-state index in [9.17, 15) is 0 Å². The summed E-state index contributed by atoms with van der Waals surface area (Å²) >= 11 is 0. The topological polar surface area (TPSA) is 30.5 Å². The molecule has 0 aliphatic rings. The van der Waals surface area contributed by atoms with E-state index in [4.69, 9.17) is 0 Å². The second-order valence-electron chi connectivity index (χ2n) is 0. The van der Waals surface area contributed by atoms with Gasteiger partial charge in [0.2, 0.25) is 0 Å². The van der Waals surface area contributed by atoms with Gasteiger partial charge in [0.15, 0.2) is 0 Å². The fourth-order valence-electron chi connectivity index (χ4n) is 0. The Kier molecular flexibility index (Phi) is 149. The molecule has 0 saturated carbocycles. The summed E-state index contributed by atoms with van der Waals surface area (Å²) in [6.07, 6.45) is 0. The average Bonchev–Trinajstić information content (AvgIpc) is 0. The third-order valence-corrected chi connectivity index (χ3v) is 0. The molecule has 0 aromatic carbocycles. The molecule has 0 aliphatic carbocycles. The molecule has 0 aliphatic heterocycles. The van der Waals surface area contributed by atoms with Crippen LogP contribution in [0.2, 0.25) is 0 Å². The largest absolute Gasteiger partial charge is 0 e. The summed E-state index contributed by atoms with van der Waals surface area (Å²) in [6.45, 7) is 0. The Morgan fingerprint density at radius 3 is 1.00 bits per heavy atom. The number of hydrogen-bond donors (Lipinski definition) is 0. The molecule has 0 saturated heterocycles. The first-order valence-corrected chi connectivity index (χ1v) is 0. The van der Waals surface area contributed by atoms with Gasteiger partial charge >= 0.3 is 0 Å². The van der Waals surface area contributed by atoms with E-state index in [1.54, 1.807) is 0 Å². The third-order valence-electron chi connectivity index (χ3n) is 0. The molecule has 1 nitrogen and oxygen atoms in total. The minimum atomic E-state index is 0. The van der Waals surface area contributed by atoms with Crippen molar-refractivity contribution in [3.8, 4) is 0 Å². The molecule has 0 amide bonds. The van der Waals surface area contributed by atoms with E-state index in [2.05, 4.69) is 0 Å². The molecule has 4 heavy (non-hydrogen) atoms. The summed E-state index contributed by atoms with van der Waals surface area (Å²) in [6, 6.07) is 0. The number of nitrogens with zero attached hydrogens (tertiary/aromatic N) is 1.